The first-order valence-electron chi connectivity index (χ1n) is 9.24. The summed E-state index contributed by atoms with van der Waals surface area (Å²) in [7, 11) is 0. The zero-order chi connectivity index (χ0) is 17.8. The molecule has 0 aliphatic rings. The summed E-state index contributed by atoms with van der Waals surface area (Å²) >= 11 is 0. The SMILES string of the molecule is C=Cc1cc(C)c(CC)c(CC)c1N(CC(C)(C)C)C(C)CC. The maximum absolute atomic E-state index is 4.10. The van der Waals surface area contributed by atoms with Gasteiger partial charge in [0.2, 0.25) is 0 Å². The van der Waals surface area contributed by atoms with E-state index in [4.69, 9.17) is 0 Å². The van der Waals surface area contributed by atoms with Gasteiger partial charge in [-0.1, -0.05) is 54.2 Å². The van der Waals surface area contributed by atoms with E-state index in [-0.39, 0.29) is 5.41 Å². The van der Waals surface area contributed by atoms with Crippen molar-refractivity contribution in [3.05, 3.63) is 34.9 Å². The monoisotopic (exact) mass is 315 g/mol. The molecule has 0 bridgehead atoms. The smallest absolute Gasteiger partial charge is 0.0477 e. The molecule has 1 heteroatoms. The highest BCUT2D eigenvalue weighted by Crippen LogP contribution is 2.36. The molecule has 0 radical (unpaired) electrons. The van der Waals surface area contributed by atoms with Crippen LogP contribution in [0.2, 0.25) is 0 Å². The zero-order valence-corrected chi connectivity index (χ0v) is 16.7. The molecular weight excluding hydrogens is 278 g/mol. The van der Waals surface area contributed by atoms with Gasteiger partial charge in [-0.2, -0.15) is 0 Å². The van der Waals surface area contributed by atoms with Gasteiger partial charge < -0.3 is 4.90 Å². The first-order valence-corrected chi connectivity index (χ1v) is 9.24. The first kappa shape index (κ1) is 19.8. The Morgan fingerprint density at radius 2 is 1.70 bits per heavy atom. The van der Waals surface area contributed by atoms with Crippen LogP contribution < -0.4 is 4.90 Å². The van der Waals surface area contributed by atoms with E-state index in [0.717, 1.165) is 25.8 Å². The number of rotatable bonds is 7. The Morgan fingerprint density at radius 3 is 2.09 bits per heavy atom. The molecule has 1 unspecified atom stereocenters. The molecule has 0 N–H and O–H groups in total. The maximum atomic E-state index is 4.10. The summed E-state index contributed by atoms with van der Waals surface area (Å²) in [6.07, 6.45) is 5.38. The van der Waals surface area contributed by atoms with Crippen molar-refractivity contribution in [2.24, 2.45) is 5.41 Å². The van der Waals surface area contributed by atoms with Gasteiger partial charge in [0.1, 0.15) is 0 Å². The molecule has 23 heavy (non-hydrogen) atoms. The average molecular weight is 316 g/mol. The van der Waals surface area contributed by atoms with E-state index in [0.29, 0.717) is 6.04 Å². The Hall–Kier alpha value is -1.24. The number of anilines is 1. The Bertz CT molecular complexity index is 534. The first-order chi connectivity index (χ1) is 10.7. The fourth-order valence-corrected chi connectivity index (χ4v) is 3.50. The van der Waals surface area contributed by atoms with Gasteiger partial charge in [-0.3, -0.25) is 0 Å². The molecule has 130 valence electrons. The van der Waals surface area contributed by atoms with Crippen molar-refractivity contribution in [1.29, 1.82) is 0 Å². The van der Waals surface area contributed by atoms with Crippen LogP contribution in [0.5, 0.6) is 0 Å². The van der Waals surface area contributed by atoms with Gasteiger partial charge in [-0.25, -0.2) is 0 Å². The summed E-state index contributed by atoms with van der Waals surface area (Å²) in [6, 6.07) is 2.86. The molecule has 0 aliphatic heterocycles. The predicted octanol–water partition coefficient (Wildman–Crippen LogP) is 6.41. The van der Waals surface area contributed by atoms with Crippen molar-refractivity contribution in [2.75, 3.05) is 11.4 Å². The molecule has 0 spiro atoms. The summed E-state index contributed by atoms with van der Waals surface area (Å²) < 4.78 is 0. The molecule has 0 aliphatic carbocycles. The van der Waals surface area contributed by atoms with Gasteiger partial charge >= 0.3 is 0 Å². The minimum Gasteiger partial charge on any atom is -0.368 e. The Kier molecular flexibility index (Phi) is 6.92. The van der Waals surface area contributed by atoms with E-state index in [1.54, 1.807) is 0 Å². The van der Waals surface area contributed by atoms with E-state index >= 15 is 0 Å². The topological polar surface area (TPSA) is 3.24 Å². The van der Waals surface area contributed by atoms with Crippen LogP contribution in [0.15, 0.2) is 12.6 Å². The second kappa shape index (κ2) is 8.04. The van der Waals surface area contributed by atoms with Crippen LogP contribution in [0.1, 0.15) is 77.1 Å². The molecule has 1 aromatic rings. The molecule has 0 heterocycles. The van der Waals surface area contributed by atoms with Crippen LogP contribution in [0.3, 0.4) is 0 Å². The minimum absolute atomic E-state index is 0.268. The van der Waals surface area contributed by atoms with Crippen LogP contribution in [0, 0.1) is 12.3 Å². The molecular formula is C22H37N. The third-order valence-electron chi connectivity index (χ3n) is 4.75. The van der Waals surface area contributed by atoms with Crippen molar-refractivity contribution in [2.45, 2.75) is 80.7 Å². The number of hydrogen-bond acceptors (Lipinski definition) is 1. The third kappa shape index (κ3) is 4.62. The second-order valence-corrected chi connectivity index (χ2v) is 7.95. The molecule has 1 aromatic carbocycles. The zero-order valence-electron chi connectivity index (χ0n) is 16.7. The van der Waals surface area contributed by atoms with Gasteiger partial charge in [-0.15, -0.1) is 0 Å². The largest absolute Gasteiger partial charge is 0.368 e. The fourth-order valence-electron chi connectivity index (χ4n) is 3.50. The number of benzene rings is 1. The van der Waals surface area contributed by atoms with Crippen molar-refractivity contribution >= 4 is 11.8 Å². The molecule has 1 rings (SSSR count). The van der Waals surface area contributed by atoms with Crippen LogP contribution in [0.25, 0.3) is 6.08 Å². The third-order valence-corrected chi connectivity index (χ3v) is 4.75. The second-order valence-electron chi connectivity index (χ2n) is 7.95. The van der Waals surface area contributed by atoms with E-state index in [1.165, 1.54) is 27.9 Å². The van der Waals surface area contributed by atoms with Gasteiger partial charge in [0.25, 0.3) is 0 Å². The molecule has 1 nitrogen and oxygen atoms in total. The van der Waals surface area contributed by atoms with Crippen molar-refractivity contribution in [3.63, 3.8) is 0 Å². The summed E-state index contributed by atoms with van der Waals surface area (Å²) in [6.45, 7) is 23.6. The van der Waals surface area contributed by atoms with E-state index in [2.05, 4.69) is 72.9 Å². The highest BCUT2D eigenvalue weighted by atomic mass is 15.2. The van der Waals surface area contributed by atoms with Gasteiger partial charge in [0, 0.05) is 18.3 Å². The lowest BCUT2D eigenvalue weighted by Crippen LogP contribution is -2.40. The number of nitrogens with zero attached hydrogens (tertiary/aromatic N) is 1. The summed E-state index contributed by atoms with van der Waals surface area (Å²) in [5, 5.41) is 0. The van der Waals surface area contributed by atoms with E-state index in [1.807, 2.05) is 6.08 Å². The molecule has 0 aromatic heterocycles. The molecule has 0 saturated heterocycles. The molecule has 0 fully saturated rings. The Balaban J connectivity index is 3.64. The maximum Gasteiger partial charge on any atom is 0.0477 e. The van der Waals surface area contributed by atoms with E-state index < -0.39 is 0 Å². The highest BCUT2D eigenvalue weighted by molar-refractivity contribution is 5.74. The quantitative estimate of drug-likeness (QED) is 0.561. The van der Waals surface area contributed by atoms with Gasteiger partial charge in [-0.05, 0) is 66.8 Å². The van der Waals surface area contributed by atoms with Gasteiger partial charge in [0.05, 0.1) is 0 Å². The summed E-state index contributed by atoms with van der Waals surface area (Å²) in [5.74, 6) is 0. The van der Waals surface area contributed by atoms with Crippen LogP contribution in [0.4, 0.5) is 5.69 Å². The lowest BCUT2D eigenvalue weighted by atomic mass is 9.89. The van der Waals surface area contributed by atoms with Gasteiger partial charge in [0.15, 0.2) is 0 Å². The van der Waals surface area contributed by atoms with Crippen LogP contribution >= 0.6 is 0 Å². The lowest BCUT2D eigenvalue weighted by Gasteiger charge is -2.39. The molecule has 1 atom stereocenters. The van der Waals surface area contributed by atoms with Crippen LogP contribution in [-0.4, -0.2) is 12.6 Å². The molecule has 0 saturated carbocycles. The number of hydrogen-bond donors (Lipinski definition) is 0. The standard InChI is InChI=1S/C22H37N/c1-10-17(6)23(15-22(7,8)9)21-18(11-2)14-16(5)19(12-3)20(21)13-4/h11,14,17H,2,10,12-13,15H2,1,3-9H3. The minimum atomic E-state index is 0.268. The van der Waals surface area contributed by atoms with Crippen molar-refractivity contribution < 1.29 is 0 Å². The normalized spacial score (nSPS) is 13.0. The summed E-state index contributed by atoms with van der Waals surface area (Å²) in [4.78, 5) is 2.63. The van der Waals surface area contributed by atoms with Crippen LogP contribution in [-0.2, 0) is 12.8 Å². The predicted molar refractivity (Wildman–Crippen MR) is 107 cm³/mol. The van der Waals surface area contributed by atoms with Crippen molar-refractivity contribution in [3.8, 4) is 0 Å². The lowest BCUT2D eigenvalue weighted by molar-refractivity contribution is 0.391. The molecule has 0 amide bonds. The van der Waals surface area contributed by atoms with E-state index in [9.17, 15) is 0 Å². The highest BCUT2D eigenvalue weighted by Gasteiger charge is 2.25. The Morgan fingerprint density at radius 1 is 1.13 bits per heavy atom. The fraction of sp³-hybridized carbons (Fsp3) is 0.636. The average Bonchev–Trinajstić information content (AvgIpc) is 2.49. The Labute approximate surface area is 144 Å². The summed E-state index contributed by atoms with van der Waals surface area (Å²) in [5.41, 5.74) is 7.44. The van der Waals surface area contributed by atoms with Crippen molar-refractivity contribution in [1.82, 2.24) is 0 Å². The number of aryl methyl sites for hydroxylation is 1.